The summed E-state index contributed by atoms with van der Waals surface area (Å²) in [4.78, 5) is 0.0367. The van der Waals surface area contributed by atoms with Crippen molar-refractivity contribution in [1.82, 2.24) is 0 Å². The van der Waals surface area contributed by atoms with Crippen LogP contribution in [0.5, 0.6) is 5.75 Å². The summed E-state index contributed by atoms with van der Waals surface area (Å²) in [5.74, 6) is -0.243. The lowest BCUT2D eigenvalue weighted by atomic mass is 10.2. The minimum absolute atomic E-state index is 0.0748. The molecule has 19 heavy (non-hydrogen) atoms. The van der Waals surface area contributed by atoms with E-state index < -0.39 is 9.84 Å². The lowest BCUT2D eigenvalue weighted by Crippen LogP contribution is -2.03. The van der Waals surface area contributed by atoms with Gasteiger partial charge in [0, 0.05) is 5.02 Å². The molecule has 0 radical (unpaired) electrons. The molecule has 0 saturated carbocycles. The molecule has 0 bridgehead atoms. The van der Waals surface area contributed by atoms with Crippen LogP contribution in [0.4, 0.5) is 0 Å². The molecular weight excluding hydrogens is 284 g/mol. The number of phenols is 1. The van der Waals surface area contributed by atoms with Crippen LogP contribution in [0.3, 0.4) is 0 Å². The normalized spacial score (nSPS) is 11.5. The Hall–Kier alpha value is -1.52. The minimum Gasteiger partial charge on any atom is -0.507 e. The van der Waals surface area contributed by atoms with Crippen LogP contribution < -0.4 is 0 Å². The molecule has 0 aliphatic rings. The Morgan fingerprint density at radius 3 is 2.32 bits per heavy atom. The van der Waals surface area contributed by atoms with Crippen molar-refractivity contribution in [3.05, 3.63) is 53.1 Å². The van der Waals surface area contributed by atoms with E-state index in [1.54, 1.807) is 6.07 Å². The van der Waals surface area contributed by atoms with Crippen LogP contribution in [0.25, 0.3) is 0 Å². The maximum absolute atomic E-state index is 12.4. The third-order valence-electron chi connectivity index (χ3n) is 2.85. The highest BCUT2D eigenvalue weighted by Gasteiger charge is 2.21. The van der Waals surface area contributed by atoms with Crippen LogP contribution in [0.1, 0.15) is 12.5 Å². The second-order valence-electron chi connectivity index (χ2n) is 4.11. The van der Waals surface area contributed by atoms with E-state index in [9.17, 15) is 13.5 Å². The third-order valence-corrected chi connectivity index (χ3v) is 4.90. The zero-order valence-electron chi connectivity index (χ0n) is 10.3. The first-order valence-corrected chi connectivity index (χ1v) is 7.64. The van der Waals surface area contributed by atoms with E-state index in [2.05, 4.69) is 0 Å². The first-order chi connectivity index (χ1) is 8.95. The van der Waals surface area contributed by atoms with Gasteiger partial charge in [0.05, 0.1) is 4.90 Å². The molecule has 0 unspecified atom stereocenters. The fourth-order valence-electron chi connectivity index (χ4n) is 1.73. The predicted molar refractivity (Wildman–Crippen MR) is 74.4 cm³/mol. The highest BCUT2D eigenvalue weighted by Crippen LogP contribution is 2.30. The van der Waals surface area contributed by atoms with E-state index in [1.165, 1.54) is 36.4 Å². The molecule has 3 nitrogen and oxygen atoms in total. The van der Waals surface area contributed by atoms with Crippen LogP contribution in [-0.4, -0.2) is 13.5 Å². The van der Waals surface area contributed by atoms with Crippen molar-refractivity contribution in [3.8, 4) is 5.75 Å². The van der Waals surface area contributed by atoms with Gasteiger partial charge in [0.1, 0.15) is 10.6 Å². The largest absolute Gasteiger partial charge is 0.507 e. The van der Waals surface area contributed by atoms with Crippen LogP contribution >= 0.6 is 11.6 Å². The summed E-state index contributed by atoms with van der Waals surface area (Å²) in [6.45, 7) is 1.92. The van der Waals surface area contributed by atoms with Crippen molar-refractivity contribution in [2.24, 2.45) is 0 Å². The number of halogens is 1. The molecule has 0 atom stereocenters. The fraction of sp³-hybridized carbons (Fsp3) is 0.143. The van der Waals surface area contributed by atoms with Gasteiger partial charge in [0.15, 0.2) is 0 Å². The highest BCUT2D eigenvalue weighted by atomic mass is 35.5. The number of benzene rings is 2. The maximum Gasteiger partial charge on any atom is 0.210 e. The Morgan fingerprint density at radius 2 is 1.74 bits per heavy atom. The summed E-state index contributed by atoms with van der Waals surface area (Å²) in [6.07, 6.45) is 0.698. The summed E-state index contributed by atoms with van der Waals surface area (Å²) < 4.78 is 24.9. The van der Waals surface area contributed by atoms with Gasteiger partial charge in [-0.3, -0.25) is 0 Å². The van der Waals surface area contributed by atoms with E-state index >= 15 is 0 Å². The monoisotopic (exact) mass is 296 g/mol. The van der Waals surface area contributed by atoms with E-state index in [0.717, 1.165) is 5.56 Å². The number of sulfone groups is 1. The van der Waals surface area contributed by atoms with Crippen molar-refractivity contribution >= 4 is 21.4 Å². The number of aryl methyl sites for hydroxylation is 1. The summed E-state index contributed by atoms with van der Waals surface area (Å²) in [6, 6.07) is 10.5. The van der Waals surface area contributed by atoms with Crippen molar-refractivity contribution in [2.45, 2.75) is 23.1 Å². The first-order valence-electron chi connectivity index (χ1n) is 5.77. The number of rotatable bonds is 3. The van der Waals surface area contributed by atoms with Gasteiger partial charge >= 0.3 is 0 Å². The molecule has 100 valence electrons. The molecule has 0 fully saturated rings. The molecule has 5 heteroatoms. The second-order valence-corrected chi connectivity index (χ2v) is 6.47. The summed E-state index contributed by atoms with van der Waals surface area (Å²) in [5, 5.41) is 10.2. The molecular formula is C14H13ClO3S. The lowest BCUT2D eigenvalue weighted by Gasteiger charge is -2.08. The molecule has 0 saturated heterocycles. The van der Waals surface area contributed by atoms with E-state index in [1.807, 2.05) is 6.92 Å². The molecule has 2 aromatic carbocycles. The summed E-state index contributed by atoms with van der Waals surface area (Å²) in [7, 11) is -3.73. The van der Waals surface area contributed by atoms with E-state index in [0.29, 0.717) is 11.4 Å². The number of aromatic hydroxyl groups is 1. The van der Waals surface area contributed by atoms with Crippen LogP contribution in [0, 0.1) is 0 Å². The van der Waals surface area contributed by atoms with Crippen molar-refractivity contribution in [2.75, 3.05) is 0 Å². The maximum atomic E-state index is 12.4. The van der Waals surface area contributed by atoms with Gasteiger partial charge in [-0.1, -0.05) is 24.6 Å². The van der Waals surface area contributed by atoms with E-state index in [4.69, 9.17) is 11.6 Å². The van der Waals surface area contributed by atoms with Gasteiger partial charge in [-0.25, -0.2) is 8.42 Å². The zero-order chi connectivity index (χ0) is 14.0. The van der Waals surface area contributed by atoms with Crippen LogP contribution in [0.15, 0.2) is 52.3 Å². The SMILES string of the molecule is CCc1ccc(O)c(S(=O)(=O)c2ccc(Cl)cc2)c1. The molecule has 2 rings (SSSR count). The van der Waals surface area contributed by atoms with Gasteiger partial charge in [-0.05, 0) is 48.4 Å². The average Bonchev–Trinajstić information content (AvgIpc) is 2.39. The Morgan fingerprint density at radius 1 is 1.11 bits per heavy atom. The van der Waals surface area contributed by atoms with E-state index in [-0.39, 0.29) is 15.5 Å². The molecule has 0 amide bonds. The van der Waals surface area contributed by atoms with Gasteiger partial charge < -0.3 is 5.11 Å². The molecule has 1 N–H and O–H groups in total. The molecule has 0 spiro atoms. The van der Waals surface area contributed by atoms with Crippen molar-refractivity contribution in [1.29, 1.82) is 0 Å². The van der Waals surface area contributed by atoms with Crippen LogP contribution in [0.2, 0.25) is 5.02 Å². The van der Waals surface area contributed by atoms with Gasteiger partial charge in [-0.2, -0.15) is 0 Å². The summed E-state index contributed by atoms with van der Waals surface area (Å²) in [5.41, 5.74) is 0.852. The lowest BCUT2D eigenvalue weighted by molar-refractivity contribution is 0.458. The topological polar surface area (TPSA) is 54.4 Å². The Kier molecular flexibility index (Phi) is 3.83. The number of hydrogen-bond acceptors (Lipinski definition) is 3. The molecule has 0 aromatic heterocycles. The molecule has 2 aromatic rings. The Bertz CT molecular complexity index is 691. The Balaban J connectivity index is 2.59. The van der Waals surface area contributed by atoms with Crippen molar-refractivity contribution in [3.63, 3.8) is 0 Å². The minimum atomic E-state index is -3.73. The van der Waals surface area contributed by atoms with Gasteiger partial charge in [-0.15, -0.1) is 0 Å². The smallest absolute Gasteiger partial charge is 0.210 e. The van der Waals surface area contributed by atoms with Crippen LogP contribution in [-0.2, 0) is 16.3 Å². The fourth-order valence-corrected chi connectivity index (χ4v) is 3.26. The zero-order valence-corrected chi connectivity index (χ0v) is 11.9. The van der Waals surface area contributed by atoms with Gasteiger partial charge in [0.2, 0.25) is 9.84 Å². The first kappa shape index (κ1) is 13.9. The Labute approximate surface area is 117 Å². The average molecular weight is 297 g/mol. The quantitative estimate of drug-likeness (QED) is 0.944. The number of hydrogen-bond donors (Lipinski definition) is 1. The molecule has 0 aliphatic heterocycles. The molecule has 0 heterocycles. The number of phenolic OH excluding ortho intramolecular Hbond substituents is 1. The summed E-state index contributed by atoms with van der Waals surface area (Å²) >= 11 is 5.74. The van der Waals surface area contributed by atoms with Gasteiger partial charge in [0.25, 0.3) is 0 Å². The standard InChI is InChI=1S/C14H13ClO3S/c1-2-10-3-8-13(16)14(9-10)19(17,18)12-6-4-11(15)5-7-12/h3-9,16H,2H2,1H3. The third kappa shape index (κ3) is 2.74. The predicted octanol–water partition coefficient (Wildman–Crippen LogP) is 3.44. The van der Waals surface area contributed by atoms with Crippen molar-refractivity contribution < 1.29 is 13.5 Å². The highest BCUT2D eigenvalue weighted by molar-refractivity contribution is 7.91. The molecule has 0 aliphatic carbocycles. The second kappa shape index (κ2) is 5.23.